The van der Waals surface area contributed by atoms with Crippen molar-refractivity contribution in [3.63, 3.8) is 0 Å². The molecule has 2 heterocycles. The number of rotatable bonds is 7. The largest absolute Gasteiger partial charge is 0.454 e. The normalized spacial score (nSPS) is 11.6. The number of nitrogens with zero attached hydrogens (tertiary/aromatic N) is 2. The Bertz CT molecular complexity index is 3510. The van der Waals surface area contributed by atoms with Crippen LogP contribution in [0.25, 0.3) is 93.6 Å². The van der Waals surface area contributed by atoms with Crippen LogP contribution in [0.4, 0.5) is 17.1 Å². The van der Waals surface area contributed by atoms with Gasteiger partial charge in [-0.1, -0.05) is 164 Å². The number of anilines is 3. The van der Waals surface area contributed by atoms with Gasteiger partial charge in [-0.3, -0.25) is 0 Å². The highest BCUT2D eigenvalue weighted by Gasteiger charge is 2.22. The second-order valence-corrected chi connectivity index (χ2v) is 15.7. The molecule has 286 valence electrons. The van der Waals surface area contributed by atoms with Gasteiger partial charge in [0, 0.05) is 38.6 Å². The molecule has 61 heavy (non-hydrogen) atoms. The average Bonchev–Trinajstić information content (AvgIpc) is 3.90. The Balaban J connectivity index is 0.965. The Morgan fingerprint density at radius 1 is 0.344 bits per heavy atom. The zero-order chi connectivity index (χ0) is 40.3. The van der Waals surface area contributed by atoms with Gasteiger partial charge in [-0.2, -0.15) is 0 Å². The van der Waals surface area contributed by atoms with Crippen LogP contribution in [0.5, 0.6) is 0 Å². The van der Waals surface area contributed by atoms with Crippen LogP contribution in [0, 0.1) is 0 Å². The summed E-state index contributed by atoms with van der Waals surface area (Å²) in [6.45, 7) is 0. The molecule has 0 aliphatic carbocycles. The first-order chi connectivity index (χ1) is 30.2. The number of hydrogen-bond acceptors (Lipinski definition) is 2. The van der Waals surface area contributed by atoms with Crippen molar-refractivity contribution >= 4 is 71.6 Å². The number of benzene rings is 10. The van der Waals surface area contributed by atoms with Gasteiger partial charge in [0.25, 0.3) is 0 Å². The fourth-order valence-electron chi connectivity index (χ4n) is 9.27. The van der Waals surface area contributed by atoms with E-state index in [1.54, 1.807) is 0 Å². The number of fused-ring (bicyclic) bond motifs is 8. The molecule has 0 fully saturated rings. The Morgan fingerprint density at radius 2 is 0.820 bits per heavy atom. The van der Waals surface area contributed by atoms with Gasteiger partial charge < -0.3 is 13.9 Å². The summed E-state index contributed by atoms with van der Waals surface area (Å²) in [6, 6.07) is 82.8. The van der Waals surface area contributed by atoms with E-state index in [1.165, 1.54) is 43.9 Å². The summed E-state index contributed by atoms with van der Waals surface area (Å²) < 4.78 is 9.17. The van der Waals surface area contributed by atoms with Crippen LogP contribution >= 0.6 is 0 Å². The van der Waals surface area contributed by atoms with Crippen LogP contribution in [0.3, 0.4) is 0 Å². The van der Waals surface area contributed by atoms with Gasteiger partial charge in [-0.05, 0) is 111 Å². The molecule has 0 aliphatic heterocycles. The quantitative estimate of drug-likeness (QED) is 0.161. The maximum atomic E-state index is 6.81. The third kappa shape index (κ3) is 5.90. The van der Waals surface area contributed by atoms with Crippen molar-refractivity contribution < 1.29 is 4.42 Å². The van der Waals surface area contributed by atoms with Crippen molar-refractivity contribution in [1.82, 2.24) is 4.57 Å². The van der Waals surface area contributed by atoms with Crippen LogP contribution in [0.2, 0.25) is 0 Å². The van der Waals surface area contributed by atoms with E-state index in [2.05, 4.69) is 234 Å². The second kappa shape index (κ2) is 14.3. The van der Waals surface area contributed by atoms with E-state index in [0.717, 1.165) is 66.8 Å². The smallest absolute Gasteiger partial charge is 0.160 e. The molecule has 0 amide bonds. The van der Waals surface area contributed by atoms with Gasteiger partial charge in [0.2, 0.25) is 0 Å². The molecule has 3 heteroatoms. The molecule has 2 aromatic heterocycles. The lowest BCUT2D eigenvalue weighted by Crippen LogP contribution is -2.10. The molecule has 12 rings (SSSR count). The minimum atomic E-state index is 0.865. The van der Waals surface area contributed by atoms with Gasteiger partial charge in [0.15, 0.2) is 5.58 Å². The Kier molecular flexibility index (Phi) is 8.17. The minimum absolute atomic E-state index is 0.865. The minimum Gasteiger partial charge on any atom is -0.454 e. The maximum absolute atomic E-state index is 6.81. The number of para-hydroxylation sites is 3. The van der Waals surface area contributed by atoms with Gasteiger partial charge in [-0.25, -0.2) is 0 Å². The molecule has 10 aromatic carbocycles. The molecule has 0 spiro atoms. The topological polar surface area (TPSA) is 21.3 Å². The van der Waals surface area contributed by atoms with E-state index < -0.39 is 0 Å². The van der Waals surface area contributed by atoms with E-state index in [-0.39, 0.29) is 0 Å². The fraction of sp³-hybridized carbons (Fsp3) is 0. The molecular formula is C58H38N2O. The molecule has 0 saturated carbocycles. The molecule has 0 radical (unpaired) electrons. The Morgan fingerprint density at radius 3 is 1.46 bits per heavy atom. The average molecular weight is 779 g/mol. The van der Waals surface area contributed by atoms with Crippen molar-refractivity contribution in [2.24, 2.45) is 0 Å². The monoisotopic (exact) mass is 778 g/mol. The summed E-state index contributed by atoms with van der Waals surface area (Å²) in [6.07, 6.45) is 0. The lowest BCUT2D eigenvalue weighted by atomic mass is 9.98. The van der Waals surface area contributed by atoms with Gasteiger partial charge in [0.1, 0.15) is 5.58 Å². The Hall–Kier alpha value is -8.14. The van der Waals surface area contributed by atoms with Crippen LogP contribution < -0.4 is 4.90 Å². The number of hydrogen-bond donors (Lipinski definition) is 0. The molecule has 3 nitrogen and oxygen atoms in total. The van der Waals surface area contributed by atoms with Crippen molar-refractivity contribution in [2.45, 2.75) is 0 Å². The molecular weight excluding hydrogens is 741 g/mol. The molecule has 0 atom stereocenters. The highest BCUT2D eigenvalue weighted by atomic mass is 16.3. The van der Waals surface area contributed by atoms with Crippen molar-refractivity contribution in [2.75, 3.05) is 4.90 Å². The lowest BCUT2D eigenvalue weighted by molar-refractivity contribution is 0.669. The summed E-state index contributed by atoms with van der Waals surface area (Å²) in [5.74, 6) is 0. The SMILES string of the molecule is c1ccc(-c2cccc(-c3ccc(N(c4ccc(-c5ccc(-n6c7ccccc7c7ccccc76)cc5)cc4)c4cc5ccccc5c5c4oc4ccccc45)cc3)c2)cc1. The molecule has 0 saturated heterocycles. The summed E-state index contributed by atoms with van der Waals surface area (Å²) >= 11 is 0. The van der Waals surface area contributed by atoms with Crippen LogP contribution in [-0.4, -0.2) is 4.57 Å². The fourth-order valence-corrected chi connectivity index (χ4v) is 9.27. The van der Waals surface area contributed by atoms with Gasteiger partial charge in [-0.15, -0.1) is 0 Å². The zero-order valence-corrected chi connectivity index (χ0v) is 33.2. The first-order valence-electron chi connectivity index (χ1n) is 20.8. The summed E-state index contributed by atoms with van der Waals surface area (Å²) in [4.78, 5) is 2.34. The summed E-state index contributed by atoms with van der Waals surface area (Å²) in [5.41, 5.74) is 15.5. The van der Waals surface area contributed by atoms with E-state index in [1.807, 2.05) is 6.07 Å². The molecule has 12 aromatic rings. The number of furan rings is 1. The van der Waals surface area contributed by atoms with Crippen molar-refractivity contribution in [1.29, 1.82) is 0 Å². The van der Waals surface area contributed by atoms with Crippen molar-refractivity contribution in [3.05, 3.63) is 231 Å². The molecule has 0 unspecified atom stereocenters. The van der Waals surface area contributed by atoms with Gasteiger partial charge >= 0.3 is 0 Å². The van der Waals surface area contributed by atoms with E-state index >= 15 is 0 Å². The molecule has 0 aliphatic rings. The van der Waals surface area contributed by atoms with E-state index in [4.69, 9.17) is 4.42 Å². The molecule has 0 N–H and O–H groups in total. The van der Waals surface area contributed by atoms with Crippen molar-refractivity contribution in [3.8, 4) is 39.1 Å². The third-order valence-corrected chi connectivity index (χ3v) is 12.2. The highest BCUT2D eigenvalue weighted by molar-refractivity contribution is 6.23. The van der Waals surface area contributed by atoms with E-state index in [0.29, 0.717) is 0 Å². The van der Waals surface area contributed by atoms with E-state index in [9.17, 15) is 0 Å². The van der Waals surface area contributed by atoms with Crippen LogP contribution in [0.1, 0.15) is 0 Å². The number of aromatic nitrogens is 1. The Labute approximate surface area is 353 Å². The zero-order valence-electron chi connectivity index (χ0n) is 33.2. The summed E-state index contributed by atoms with van der Waals surface area (Å²) in [5, 5.41) is 7.11. The highest BCUT2D eigenvalue weighted by Crippen LogP contribution is 2.46. The third-order valence-electron chi connectivity index (χ3n) is 12.2. The van der Waals surface area contributed by atoms with Crippen LogP contribution in [0.15, 0.2) is 235 Å². The first kappa shape index (κ1) is 34.9. The summed E-state index contributed by atoms with van der Waals surface area (Å²) in [7, 11) is 0. The van der Waals surface area contributed by atoms with Gasteiger partial charge in [0.05, 0.1) is 16.7 Å². The standard InChI is InChI=1S/C58H38N2O/c1-2-13-39(14-3-1)43-16-12-17-44(37-43)42-29-33-47(34-30-42)59(55-38-45-15-4-5-18-49(45)57-52-21-8-11-24-56(52)61-58(55)57)46-31-25-40(26-32-46)41-27-35-48(36-28-41)60-53-22-9-6-19-50(53)51-20-7-10-23-54(51)60/h1-38H. The maximum Gasteiger partial charge on any atom is 0.160 e. The predicted molar refractivity (Wildman–Crippen MR) is 257 cm³/mol. The second-order valence-electron chi connectivity index (χ2n) is 15.7. The predicted octanol–water partition coefficient (Wildman–Crippen LogP) is 16.3. The molecule has 0 bridgehead atoms. The lowest BCUT2D eigenvalue weighted by Gasteiger charge is -2.26. The van der Waals surface area contributed by atoms with Crippen LogP contribution in [-0.2, 0) is 0 Å². The first-order valence-corrected chi connectivity index (χ1v) is 20.8.